The highest BCUT2D eigenvalue weighted by atomic mass is 79.9. The maximum absolute atomic E-state index is 3.72. The van der Waals surface area contributed by atoms with Crippen LogP contribution in [0.25, 0.3) is 0 Å². The van der Waals surface area contributed by atoms with Gasteiger partial charge in [0.1, 0.15) is 0 Å². The van der Waals surface area contributed by atoms with Crippen LogP contribution < -0.4 is 10.2 Å². The van der Waals surface area contributed by atoms with Gasteiger partial charge in [0.25, 0.3) is 0 Å². The second kappa shape index (κ2) is 7.97. The molecule has 4 heteroatoms. The molecule has 0 saturated heterocycles. The van der Waals surface area contributed by atoms with E-state index >= 15 is 0 Å². The molecule has 0 spiro atoms. The zero-order valence-corrected chi connectivity index (χ0v) is 15.3. The monoisotopic (exact) mass is 366 g/mol. The van der Waals surface area contributed by atoms with Crippen LogP contribution in [-0.4, -0.2) is 19.6 Å². The molecule has 114 valence electrons. The van der Waals surface area contributed by atoms with Gasteiger partial charge in [0, 0.05) is 35.4 Å². The Labute approximate surface area is 140 Å². The van der Waals surface area contributed by atoms with Crippen molar-refractivity contribution in [3.05, 3.63) is 50.6 Å². The van der Waals surface area contributed by atoms with Crippen LogP contribution in [0.2, 0.25) is 0 Å². The van der Waals surface area contributed by atoms with Gasteiger partial charge in [-0.2, -0.15) is 0 Å². The molecule has 0 radical (unpaired) electrons. The zero-order chi connectivity index (χ0) is 15.2. The van der Waals surface area contributed by atoms with Crippen molar-refractivity contribution in [1.82, 2.24) is 5.32 Å². The Morgan fingerprint density at radius 3 is 2.76 bits per heavy atom. The lowest BCUT2D eigenvalue weighted by molar-refractivity contribution is 0.686. The van der Waals surface area contributed by atoms with Gasteiger partial charge < -0.3 is 10.2 Å². The van der Waals surface area contributed by atoms with Gasteiger partial charge in [0.2, 0.25) is 0 Å². The molecule has 1 aromatic carbocycles. The summed E-state index contributed by atoms with van der Waals surface area (Å²) in [7, 11) is 2.17. The quantitative estimate of drug-likeness (QED) is 0.764. The van der Waals surface area contributed by atoms with Crippen molar-refractivity contribution in [2.45, 2.75) is 32.9 Å². The predicted molar refractivity (Wildman–Crippen MR) is 97.4 cm³/mol. The molecule has 1 unspecified atom stereocenters. The van der Waals surface area contributed by atoms with Gasteiger partial charge in [0.05, 0.1) is 5.69 Å². The van der Waals surface area contributed by atoms with Gasteiger partial charge in [0.15, 0.2) is 0 Å². The van der Waals surface area contributed by atoms with E-state index in [2.05, 4.69) is 82.8 Å². The van der Waals surface area contributed by atoms with Gasteiger partial charge in [-0.3, -0.25) is 0 Å². The molecule has 1 N–H and O–H groups in total. The first-order valence-corrected chi connectivity index (χ1v) is 9.03. The molecule has 1 atom stereocenters. The van der Waals surface area contributed by atoms with Gasteiger partial charge >= 0.3 is 0 Å². The van der Waals surface area contributed by atoms with Gasteiger partial charge in [-0.05, 0) is 58.5 Å². The fraction of sp³-hybridized carbons (Fsp3) is 0.412. The number of likely N-dealkylation sites (N-methyl/N-ethyl adjacent to an activating group) is 1. The van der Waals surface area contributed by atoms with E-state index in [4.69, 9.17) is 0 Å². The first-order valence-electron chi connectivity index (χ1n) is 7.36. The average Bonchev–Trinajstić information content (AvgIpc) is 2.97. The molecule has 1 heterocycles. The van der Waals surface area contributed by atoms with E-state index in [9.17, 15) is 0 Å². The smallest absolute Gasteiger partial charge is 0.0510 e. The number of halogens is 1. The Bertz CT molecular complexity index is 554. The first kappa shape index (κ1) is 16.5. The minimum atomic E-state index is 0.472. The Hall–Kier alpha value is -0.840. The van der Waals surface area contributed by atoms with E-state index in [1.54, 1.807) is 0 Å². The van der Waals surface area contributed by atoms with Crippen LogP contribution in [0, 0.1) is 0 Å². The number of hydrogen-bond donors (Lipinski definition) is 1. The van der Waals surface area contributed by atoms with Crippen LogP contribution >= 0.6 is 27.3 Å². The van der Waals surface area contributed by atoms with Crippen LogP contribution in [0.15, 0.2) is 40.2 Å². The summed E-state index contributed by atoms with van der Waals surface area (Å²) >= 11 is 5.55. The second-order valence-electron chi connectivity index (χ2n) is 5.31. The van der Waals surface area contributed by atoms with E-state index in [0.29, 0.717) is 6.04 Å². The molecule has 0 aliphatic rings. The molecule has 0 amide bonds. The summed E-state index contributed by atoms with van der Waals surface area (Å²) < 4.78 is 1.17. The van der Waals surface area contributed by atoms with Gasteiger partial charge in [-0.25, -0.2) is 0 Å². The van der Waals surface area contributed by atoms with E-state index < -0.39 is 0 Å². The third-order valence-electron chi connectivity index (χ3n) is 3.71. The van der Waals surface area contributed by atoms with Crippen molar-refractivity contribution in [2.75, 3.05) is 18.5 Å². The number of nitrogens with zero attached hydrogens (tertiary/aromatic N) is 1. The minimum absolute atomic E-state index is 0.472. The third kappa shape index (κ3) is 4.56. The summed E-state index contributed by atoms with van der Waals surface area (Å²) in [5.41, 5.74) is 2.56. The zero-order valence-electron chi connectivity index (χ0n) is 12.9. The largest absolute Gasteiger partial charge is 0.371 e. The second-order valence-corrected chi connectivity index (χ2v) is 7.20. The molecular weight excluding hydrogens is 344 g/mol. The fourth-order valence-electron chi connectivity index (χ4n) is 2.31. The Morgan fingerprint density at radius 1 is 1.33 bits per heavy atom. The summed E-state index contributed by atoms with van der Waals surface area (Å²) in [6.45, 7) is 6.32. The molecule has 1 aromatic heterocycles. The molecule has 2 nitrogen and oxygen atoms in total. The van der Waals surface area contributed by atoms with E-state index in [0.717, 1.165) is 19.5 Å². The summed E-state index contributed by atoms with van der Waals surface area (Å²) in [4.78, 5) is 3.79. The number of anilines is 1. The molecular formula is C17H23BrN2S. The van der Waals surface area contributed by atoms with Crippen molar-refractivity contribution in [2.24, 2.45) is 0 Å². The van der Waals surface area contributed by atoms with Gasteiger partial charge in [-0.15, -0.1) is 11.3 Å². The number of rotatable bonds is 7. The Kier molecular flexibility index (Phi) is 6.27. The lowest BCUT2D eigenvalue weighted by Gasteiger charge is -2.28. The summed E-state index contributed by atoms with van der Waals surface area (Å²) in [5, 5.41) is 5.51. The van der Waals surface area contributed by atoms with E-state index in [-0.39, 0.29) is 0 Å². The summed E-state index contributed by atoms with van der Waals surface area (Å²) in [6, 6.07) is 11.4. The van der Waals surface area contributed by atoms with E-state index in [1.165, 1.54) is 20.6 Å². The molecule has 2 rings (SSSR count). The molecule has 0 aliphatic heterocycles. The fourth-order valence-corrected chi connectivity index (χ4v) is 3.84. The molecule has 0 fully saturated rings. The van der Waals surface area contributed by atoms with E-state index in [1.807, 2.05) is 11.3 Å². The SMILES string of the molecule is CCNCc1ccc(N(C)C(C)Cc2cccs2)c(Br)c1. The normalized spacial score (nSPS) is 12.4. The maximum Gasteiger partial charge on any atom is 0.0510 e. The highest BCUT2D eigenvalue weighted by Crippen LogP contribution is 2.29. The molecule has 0 aliphatic carbocycles. The van der Waals surface area contributed by atoms with Crippen molar-refractivity contribution < 1.29 is 0 Å². The minimum Gasteiger partial charge on any atom is -0.371 e. The van der Waals surface area contributed by atoms with Crippen molar-refractivity contribution >= 4 is 33.0 Å². The average molecular weight is 367 g/mol. The molecule has 2 aromatic rings. The topological polar surface area (TPSA) is 15.3 Å². The van der Waals surface area contributed by atoms with Crippen molar-refractivity contribution in [3.63, 3.8) is 0 Å². The molecule has 21 heavy (non-hydrogen) atoms. The molecule has 0 saturated carbocycles. The highest BCUT2D eigenvalue weighted by molar-refractivity contribution is 9.10. The van der Waals surface area contributed by atoms with Crippen molar-refractivity contribution in [1.29, 1.82) is 0 Å². The number of thiophene rings is 1. The van der Waals surface area contributed by atoms with Crippen LogP contribution in [0.5, 0.6) is 0 Å². The predicted octanol–water partition coefficient (Wildman–Crippen LogP) is 4.69. The Morgan fingerprint density at radius 2 is 2.14 bits per heavy atom. The number of hydrogen-bond acceptors (Lipinski definition) is 3. The standard InChI is InChI=1S/C17H23BrN2S/c1-4-19-12-14-7-8-17(16(18)11-14)20(3)13(2)10-15-6-5-9-21-15/h5-9,11,13,19H,4,10,12H2,1-3H3. The van der Waals surface area contributed by atoms with Gasteiger partial charge in [-0.1, -0.05) is 19.1 Å². The number of nitrogens with one attached hydrogen (secondary N) is 1. The summed E-state index contributed by atoms with van der Waals surface area (Å²) in [6.07, 6.45) is 1.08. The Balaban J connectivity index is 2.05. The van der Waals surface area contributed by atoms with Crippen LogP contribution in [0.1, 0.15) is 24.3 Å². The third-order valence-corrected chi connectivity index (χ3v) is 5.24. The van der Waals surface area contributed by atoms with Crippen LogP contribution in [0.3, 0.4) is 0 Å². The maximum atomic E-state index is 3.72. The lowest BCUT2D eigenvalue weighted by Crippen LogP contribution is -2.30. The molecule has 0 bridgehead atoms. The highest BCUT2D eigenvalue weighted by Gasteiger charge is 2.14. The number of benzene rings is 1. The van der Waals surface area contributed by atoms with Crippen molar-refractivity contribution in [3.8, 4) is 0 Å². The lowest BCUT2D eigenvalue weighted by atomic mass is 10.1. The summed E-state index contributed by atoms with van der Waals surface area (Å²) in [5.74, 6) is 0. The van der Waals surface area contributed by atoms with Crippen LogP contribution in [0.4, 0.5) is 5.69 Å². The van der Waals surface area contributed by atoms with Crippen LogP contribution in [-0.2, 0) is 13.0 Å². The first-order chi connectivity index (χ1) is 10.1.